The Morgan fingerprint density at radius 1 is 1.43 bits per heavy atom. The second kappa shape index (κ2) is 8.62. The number of nitrogens with one attached hydrogen (secondary N) is 1. The summed E-state index contributed by atoms with van der Waals surface area (Å²) >= 11 is 0. The van der Waals surface area contributed by atoms with Crippen LogP contribution in [0.15, 0.2) is 18.3 Å². The van der Waals surface area contributed by atoms with Crippen molar-refractivity contribution in [2.45, 2.75) is 40.2 Å². The van der Waals surface area contributed by atoms with E-state index in [0.29, 0.717) is 13.1 Å². The van der Waals surface area contributed by atoms with Crippen LogP contribution in [0.4, 0.5) is 4.79 Å². The van der Waals surface area contributed by atoms with Crippen molar-refractivity contribution in [3.05, 3.63) is 29.6 Å². The normalized spacial score (nSPS) is 12.3. The molecule has 0 fully saturated rings. The van der Waals surface area contributed by atoms with E-state index in [-0.39, 0.29) is 24.6 Å². The van der Waals surface area contributed by atoms with Crippen LogP contribution in [-0.2, 0) is 0 Å². The van der Waals surface area contributed by atoms with E-state index in [2.05, 4.69) is 24.1 Å². The van der Waals surface area contributed by atoms with Crippen molar-refractivity contribution >= 4 is 6.03 Å². The molecule has 1 unspecified atom stereocenters. The summed E-state index contributed by atoms with van der Waals surface area (Å²) in [5.74, 6) is 0.236. The number of carbonyl (C=O) groups excluding carboxylic acids is 1. The van der Waals surface area contributed by atoms with Crippen LogP contribution in [0, 0.1) is 12.8 Å². The third-order valence-electron chi connectivity index (χ3n) is 3.44. The van der Waals surface area contributed by atoms with E-state index in [4.69, 9.17) is 5.11 Å². The zero-order chi connectivity index (χ0) is 15.8. The molecule has 0 aliphatic carbocycles. The van der Waals surface area contributed by atoms with Gasteiger partial charge in [0, 0.05) is 19.3 Å². The summed E-state index contributed by atoms with van der Waals surface area (Å²) < 4.78 is 0. The highest BCUT2D eigenvalue weighted by Crippen LogP contribution is 2.22. The predicted octanol–water partition coefficient (Wildman–Crippen LogP) is 2.50. The number of hydrogen-bond acceptors (Lipinski definition) is 3. The van der Waals surface area contributed by atoms with Gasteiger partial charge in [-0.05, 0) is 30.9 Å². The number of aromatic nitrogens is 1. The van der Waals surface area contributed by atoms with Crippen molar-refractivity contribution < 1.29 is 9.90 Å². The Hall–Kier alpha value is -1.62. The molecule has 118 valence electrons. The molecule has 0 aliphatic rings. The van der Waals surface area contributed by atoms with Gasteiger partial charge >= 0.3 is 6.03 Å². The maximum absolute atomic E-state index is 12.4. The molecule has 5 heteroatoms. The molecule has 0 radical (unpaired) electrons. The van der Waals surface area contributed by atoms with Gasteiger partial charge in [0.05, 0.1) is 18.3 Å². The summed E-state index contributed by atoms with van der Waals surface area (Å²) in [6.07, 6.45) is 2.61. The van der Waals surface area contributed by atoms with Crippen molar-refractivity contribution in [2.75, 3.05) is 19.7 Å². The standard InChI is InChI=1S/C16H27N3O2/c1-5-9-19(10-11-20)16(21)18-14(12(2)3)15-13(4)7-6-8-17-15/h6-8,12,14,20H,5,9-11H2,1-4H3,(H,18,21). The Morgan fingerprint density at radius 3 is 2.67 bits per heavy atom. The zero-order valence-electron chi connectivity index (χ0n) is 13.5. The van der Waals surface area contributed by atoms with Gasteiger partial charge in [-0.15, -0.1) is 0 Å². The van der Waals surface area contributed by atoms with Crippen molar-refractivity contribution in [1.29, 1.82) is 0 Å². The maximum Gasteiger partial charge on any atom is 0.318 e. The Kier molecular flexibility index (Phi) is 7.15. The van der Waals surface area contributed by atoms with E-state index in [1.807, 2.05) is 26.0 Å². The topological polar surface area (TPSA) is 65.5 Å². The van der Waals surface area contributed by atoms with Crippen LogP contribution in [0.2, 0.25) is 0 Å². The number of aliphatic hydroxyl groups is 1. The fraction of sp³-hybridized carbons (Fsp3) is 0.625. The number of hydrogen-bond donors (Lipinski definition) is 2. The minimum absolute atomic E-state index is 0.0254. The third-order valence-corrected chi connectivity index (χ3v) is 3.44. The van der Waals surface area contributed by atoms with Crippen molar-refractivity contribution in [3.63, 3.8) is 0 Å². The summed E-state index contributed by atoms with van der Waals surface area (Å²) in [5.41, 5.74) is 1.97. The number of amides is 2. The van der Waals surface area contributed by atoms with Crippen molar-refractivity contribution in [1.82, 2.24) is 15.2 Å². The molecule has 0 saturated heterocycles. The first kappa shape index (κ1) is 17.4. The molecule has 2 amide bonds. The molecule has 2 N–H and O–H groups in total. The molecule has 1 aromatic heterocycles. The molecular weight excluding hydrogens is 266 g/mol. The van der Waals surface area contributed by atoms with Crippen LogP contribution < -0.4 is 5.32 Å². The number of aliphatic hydroxyl groups excluding tert-OH is 1. The fourth-order valence-electron chi connectivity index (χ4n) is 2.30. The molecule has 0 spiro atoms. The van der Waals surface area contributed by atoms with Crippen LogP contribution in [0.5, 0.6) is 0 Å². The average Bonchev–Trinajstić information content (AvgIpc) is 2.45. The smallest absolute Gasteiger partial charge is 0.318 e. The van der Waals surface area contributed by atoms with Crippen molar-refractivity contribution in [2.24, 2.45) is 5.92 Å². The number of nitrogens with zero attached hydrogens (tertiary/aromatic N) is 2. The third kappa shape index (κ3) is 5.01. The van der Waals surface area contributed by atoms with Gasteiger partial charge < -0.3 is 15.3 Å². The Morgan fingerprint density at radius 2 is 2.14 bits per heavy atom. The quantitative estimate of drug-likeness (QED) is 0.812. The summed E-state index contributed by atoms with van der Waals surface area (Å²) in [6.45, 7) is 9.11. The van der Waals surface area contributed by atoms with Gasteiger partial charge in [0.15, 0.2) is 0 Å². The minimum atomic E-state index is -0.144. The number of urea groups is 1. The van der Waals surface area contributed by atoms with Crippen LogP contribution >= 0.6 is 0 Å². The molecule has 1 atom stereocenters. The highest BCUT2D eigenvalue weighted by molar-refractivity contribution is 5.74. The minimum Gasteiger partial charge on any atom is -0.395 e. The first-order valence-corrected chi connectivity index (χ1v) is 7.59. The van der Waals surface area contributed by atoms with Gasteiger partial charge in [0.2, 0.25) is 0 Å². The number of aryl methyl sites for hydroxylation is 1. The van der Waals surface area contributed by atoms with E-state index in [1.54, 1.807) is 11.1 Å². The van der Waals surface area contributed by atoms with E-state index >= 15 is 0 Å². The van der Waals surface area contributed by atoms with Gasteiger partial charge in [0.1, 0.15) is 0 Å². The highest BCUT2D eigenvalue weighted by Gasteiger charge is 2.23. The first-order valence-electron chi connectivity index (χ1n) is 7.59. The number of pyridine rings is 1. The molecule has 5 nitrogen and oxygen atoms in total. The van der Waals surface area contributed by atoms with Gasteiger partial charge in [-0.3, -0.25) is 4.98 Å². The van der Waals surface area contributed by atoms with Crippen LogP contribution in [-0.4, -0.2) is 40.7 Å². The Balaban J connectivity index is 2.88. The second-order valence-electron chi connectivity index (χ2n) is 5.59. The molecule has 0 saturated carbocycles. The summed E-state index contributed by atoms with van der Waals surface area (Å²) in [5, 5.41) is 12.1. The Labute approximate surface area is 127 Å². The summed E-state index contributed by atoms with van der Waals surface area (Å²) in [7, 11) is 0. The van der Waals surface area contributed by atoms with E-state index in [1.165, 1.54) is 0 Å². The van der Waals surface area contributed by atoms with Gasteiger partial charge in [0.25, 0.3) is 0 Å². The first-order chi connectivity index (χ1) is 10.0. The van der Waals surface area contributed by atoms with Crippen LogP contribution in [0.1, 0.15) is 44.5 Å². The average molecular weight is 293 g/mol. The van der Waals surface area contributed by atoms with Crippen molar-refractivity contribution in [3.8, 4) is 0 Å². The molecule has 0 aliphatic heterocycles. The molecule has 1 heterocycles. The van der Waals surface area contributed by atoms with Gasteiger partial charge in [-0.1, -0.05) is 26.8 Å². The second-order valence-corrected chi connectivity index (χ2v) is 5.59. The van der Waals surface area contributed by atoms with E-state index in [0.717, 1.165) is 17.7 Å². The monoisotopic (exact) mass is 293 g/mol. The van der Waals surface area contributed by atoms with Gasteiger partial charge in [-0.2, -0.15) is 0 Å². The molecule has 0 bridgehead atoms. The maximum atomic E-state index is 12.4. The molecule has 1 rings (SSSR count). The number of carbonyl (C=O) groups is 1. The molecular formula is C16H27N3O2. The van der Waals surface area contributed by atoms with E-state index < -0.39 is 0 Å². The SMILES string of the molecule is CCCN(CCO)C(=O)NC(c1ncccc1C)C(C)C. The molecule has 21 heavy (non-hydrogen) atoms. The largest absolute Gasteiger partial charge is 0.395 e. The zero-order valence-corrected chi connectivity index (χ0v) is 13.5. The van der Waals surface area contributed by atoms with Gasteiger partial charge in [-0.25, -0.2) is 4.79 Å². The summed E-state index contributed by atoms with van der Waals surface area (Å²) in [4.78, 5) is 18.5. The highest BCUT2D eigenvalue weighted by atomic mass is 16.3. The fourth-order valence-corrected chi connectivity index (χ4v) is 2.30. The lowest BCUT2D eigenvalue weighted by Gasteiger charge is -2.28. The summed E-state index contributed by atoms with van der Waals surface area (Å²) in [6, 6.07) is 3.63. The molecule has 0 aromatic carbocycles. The Bertz CT molecular complexity index is 443. The lowest BCUT2D eigenvalue weighted by molar-refractivity contribution is 0.171. The predicted molar refractivity (Wildman–Crippen MR) is 84.0 cm³/mol. The lowest BCUT2D eigenvalue weighted by atomic mass is 9.97. The van der Waals surface area contributed by atoms with Crippen LogP contribution in [0.3, 0.4) is 0 Å². The van der Waals surface area contributed by atoms with E-state index in [9.17, 15) is 4.79 Å². The molecule has 1 aromatic rings. The lowest BCUT2D eigenvalue weighted by Crippen LogP contribution is -2.44. The number of rotatable bonds is 7. The van der Waals surface area contributed by atoms with Crippen LogP contribution in [0.25, 0.3) is 0 Å².